The van der Waals surface area contributed by atoms with Gasteiger partial charge < -0.3 is 19.3 Å². The van der Waals surface area contributed by atoms with Gasteiger partial charge >= 0.3 is 19.6 Å². The van der Waals surface area contributed by atoms with Crippen molar-refractivity contribution in [1.29, 1.82) is 0 Å². The first-order valence-electron chi connectivity index (χ1n) is 9.56. The summed E-state index contributed by atoms with van der Waals surface area (Å²) < 4.78 is 28.8. The van der Waals surface area contributed by atoms with Gasteiger partial charge in [0.2, 0.25) is 0 Å². The number of carbonyl (C=O) groups is 2. The summed E-state index contributed by atoms with van der Waals surface area (Å²) >= 11 is 0. The van der Waals surface area contributed by atoms with E-state index in [2.05, 4.69) is 15.1 Å². The lowest BCUT2D eigenvalue weighted by atomic mass is 10.2. The fourth-order valence-electron chi connectivity index (χ4n) is 2.56. The van der Waals surface area contributed by atoms with Crippen molar-refractivity contribution in [3.63, 3.8) is 0 Å². The minimum Gasteiger partial charge on any atom is -0.468 e. The van der Waals surface area contributed by atoms with Gasteiger partial charge in [-0.25, -0.2) is 9.88 Å². The third-order valence-corrected chi connectivity index (χ3v) is 6.24. The zero-order chi connectivity index (χ0) is 21.8. The number of benzene rings is 2. The third-order valence-electron chi connectivity index (χ3n) is 4.05. The molecule has 0 aliphatic rings. The van der Waals surface area contributed by atoms with Crippen LogP contribution in [-0.2, 0) is 25.4 Å². The van der Waals surface area contributed by atoms with E-state index in [0.717, 1.165) is 5.56 Å². The number of ether oxygens (including phenoxy) is 2. The summed E-state index contributed by atoms with van der Waals surface area (Å²) in [5.41, 5.74) is 0.884. The molecule has 0 aliphatic heterocycles. The fraction of sp³-hybridized carbons (Fsp3) is 0.333. The van der Waals surface area contributed by atoms with Crippen LogP contribution < -0.4 is 14.9 Å². The Balaban J connectivity index is 1.84. The minimum atomic E-state index is -3.43. The van der Waals surface area contributed by atoms with Crippen LogP contribution in [0.4, 0.5) is 4.79 Å². The molecule has 0 aliphatic carbocycles. The molecule has 0 heterocycles. The highest BCUT2D eigenvalue weighted by molar-refractivity contribution is 7.57. The lowest BCUT2D eigenvalue weighted by Crippen LogP contribution is -2.35. The number of para-hydroxylation sites is 1. The molecule has 30 heavy (non-hydrogen) atoms. The maximum atomic E-state index is 13.3. The molecule has 0 radical (unpaired) electrons. The highest BCUT2D eigenvalue weighted by Gasteiger charge is 2.29. The van der Waals surface area contributed by atoms with Crippen LogP contribution in [0.3, 0.4) is 0 Å². The van der Waals surface area contributed by atoms with Gasteiger partial charge in [0.25, 0.3) is 0 Å². The highest BCUT2D eigenvalue weighted by atomic mass is 31.2. The number of carbonyl (C=O) groups excluding carboxylic acids is 2. The van der Waals surface area contributed by atoms with Crippen LogP contribution in [0.2, 0.25) is 0 Å². The van der Waals surface area contributed by atoms with Crippen LogP contribution in [0.15, 0.2) is 60.7 Å². The molecule has 2 N–H and O–H groups in total. The van der Waals surface area contributed by atoms with E-state index in [0.29, 0.717) is 12.2 Å². The summed E-state index contributed by atoms with van der Waals surface area (Å²) in [6, 6.07) is 17.2. The number of hydrogen-bond acceptors (Lipinski definition) is 6. The molecule has 2 aromatic rings. The van der Waals surface area contributed by atoms with Crippen LogP contribution >= 0.6 is 7.52 Å². The number of alkyl carbamates (subject to hydrolysis) is 1. The number of amides is 1. The summed E-state index contributed by atoms with van der Waals surface area (Å²) in [5.74, 6) is -0.130. The summed E-state index contributed by atoms with van der Waals surface area (Å²) in [5, 5.41) is 5.36. The van der Waals surface area contributed by atoms with Gasteiger partial charge in [0, 0.05) is 6.54 Å². The molecular weight excluding hydrogens is 407 g/mol. The largest absolute Gasteiger partial charge is 0.468 e. The van der Waals surface area contributed by atoms with Gasteiger partial charge in [-0.05, 0) is 31.0 Å². The summed E-state index contributed by atoms with van der Waals surface area (Å²) in [6.07, 6.45) is -0.110. The average molecular weight is 434 g/mol. The predicted molar refractivity (Wildman–Crippen MR) is 113 cm³/mol. The van der Waals surface area contributed by atoms with E-state index < -0.39 is 25.6 Å². The first kappa shape index (κ1) is 23.4. The van der Waals surface area contributed by atoms with Crippen molar-refractivity contribution in [3.05, 3.63) is 66.2 Å². The molecule has 0 saturated carbocycles. The molecule has 2 rings (SSSR count). The molecular formula is C21H27N2O6P. The standard InChI is InChI=1S/C21H27N2O6P/c1-17(20(24)27-2)23-30(26,29-19-12-7-4-8-13-19)15-9-14-22-21(25)28-16-18-10-5-3-6-11-18/h3-8,10-13,17H,9,14-16H2,1-2H3,(H,22,25)(H,23,26). The molecule has 0 bridgehead atoms. The molecule has 8 nitrogen and oxygen atoms in total. The first-order chi connectivity index (χ1) is 14.4. The van der Waals surface area contributed by atoms with Gasteiger partial charge in [0.15, 0.2) is 0 Å². The molecule has 2 aromatic carbocycles. The highest BCUT2D eigenvalue weighted by Crippen LogP contribution is 2.44. The molecule has 0 fully saturated rings. The van der Waals surface area contributed by atoms with E-state index in [-0.39, 0.29) is 19.3 Å². The van der Waals surface area contributed by atoms with E-state index in [1.165, 1.54) is 7.11 Å². The number of rotatable bonds is 11. The second-order valence-corrected chi connectivity index (χ2v) is 8.75. The summed E-state index contributed by atoms with van der Waals surface area (Å²) in [7, 11) is -2.17. The minimum absolute atomic E-state index is 0.0994. The lowest BCUT2D eigenvalue weighted by molar-refractivity contribution is -0.142. The normalized spacial score (nSPS) is 13.5. The van der Waals surface area contributed by atoms with Crippen molar-refractivity contribution in [2.45, 2.75) is 26.0 Å². The smallest absolute Gasteiger partial charge is 0.407 e. The number of hydrogen-bond donors (Lipinski definition) is 2. The maximum absolute atomic E-state index is 13.3. The van der Waals surface area contributed by atoms with Crippen molar-refractivity contribution < 1.29 is 28.2 Å². The summed E-state index contributed by atoms with van der Waals surface area (Å²) in [4.78, 5) is 23.5. The van der Waals surface area contributed by atoms with Gasteiger partial charge in [0.05, 0.1) is 13.3 Å². The Hall–Kier alpha value is -2.83. The number of esters is 1. The second-order valence-electron chi connectivity index (χ2n) is 6.52. The first-order valence-corrected chi connectivity index (χ1v) is 11.4. The van der Waals surface area contributed by atoms with E-state index in [4.69, 9.17) is 9.26 Å². The maximum Gasteiger partial charge on any atom is 0.407 e. The zero-order valence-corrected chi connectivity index (χ0v) is 18.0. The molecule has 1 amide bonds. The third kappa shape index (κ3) is 8.27. The Morgan fingerprint density at radius 3 is 2.30 bits per heavy atom. The molecule has 0 saturated heterocycles. The van der Waals surface area contributed by atoms with E-state index in [1.54, 1.807) is 31.2 Å². The Bertz CT molecular complexity index is 847. The van der Waals surface area contributed by atoms with Gasteiger partial charge in [-0.2, -0.15) is 0 Å². The Labute approximate surface area is 176 Å². The number of methoxy groups -OCH3 is 1. The van der Waals surface area contributed by atoms with Gasteiger partial charge in [0.1, 0.15) is 18.4 Å². The quantitative estimate of drug-likeness (QED) is 0.316. The Morgan fingerprint density at radius 1 is 1.03 bits per heavy atom. The average Bonchev–Trinajstić information content (AvgIpc) is 2.76. The molecule has 0 spiro atoms. The molecule has 162 valence electrons. The molecule has 9 heteroatoms. The lowest BCUT2D eigenvalue weighted by Gasteiger charge is -2.23. The fourth-order valence-corrected chi connectivity index (χ4v) is 4.57. The Kier molecular flexibility index (Phi) is 9.38. The van der Waals surface area contributed by atoms with E-state index in [9.17, 15) is 14.2 Å². The molecule has 2 atom stereocenters. The van der Waals surface area contributed by atoms with E-state index in [1.807, 2.05) is 36.4 Å². The van der Waals surface area contributed by atoms with Crippen molar-refractivity contribution in [2.24, 2.45) is 0 Å². The second kappa shape index (κ2) is 12.0. The van der Waals surface area contributed by atoms with Crippen LogP contribution in [0.25, 0.3) is 0 Å². The van der Waals surface area contributed by atoms with Crippen LogP contribution in [-0.4, -0.2) is 37.9 Å². The van der Waals surface area contributed by atoms with Crippen molar-refractivity contribution in [1.82, 2.24) is 10.4 Å². The topological polar surface area (TPSA) is 103 Å². The number of nitrogens with one attached hydrogen (secondary N) is 2. The van der Waals surface area contributed by atoms with Gasteiger partial charge in [-0.1, -0.05) is 48.5 Å². The van der Waals surface area contributed by atoms with Crippen molar-refractivity contribution in [2.75, 3.05) is 19.8 Å². The zero-order valence-electron chi connectivity index (χ0n) is 17.1. The van der Waals surface area contributed by atoms with Crippen LogP contribution in [0.5, 0.6) is 5.75 Å². The predicted octanol–water partition coefficient (Wildman–Crippen LogP) is 3.73. The monoisotopic (exact) mass is 434 g/mol. The molecule has 0 aromatic heterocycles. The van der Waals surface area contributed by atoms with Gasteiger partial charge in [-0.3, -0.25) is 9.36 Å². The SMILES string of the molecule is COC(=O)C(C)NP(=O)(CCCNC(=O)OCc1ccccc1)Oc1ccccc1. The van der Waals surface area contributed by atoms with Crippen LogP contribution in [0.1, 0.15) is 18.9 Å². The summed E-state index contributed by atoms with van der Waals surface area (Å²) in [6.45, 7) is 1.95. The van der Waals surface area contributed by atoms with Crippen LogP contribution in [0, 0.1) is 0 Å². The van der Waals surface area contributed by atoms with Crippen molar-refractivity contribution in [3.8, 4) is 5.75 Å². The van der Waals surface area contributed by atoms with Gasteiger partial charge in [-0.15, -0.1) is 0 Å². The van der Waals surface area contributed by atoms with Crippen molar-refractivity contribution >= 4 is 19.6 Å². The molecule has 2 unspecified atom stereocenters. The van der Waals surface area contributed by atoms with E-state index >= 15 is 0 Å². The Morgan fingerprint density at radius 2 is 1.67 bits per heavy atom.